The average Bonchev–Trinajstić information content (AvgIpc) is 2.34. The fourth-order valence-electron chi connectivity index (χ4n) is 2.23. The van der Waals surface area contributed by atoms with Gasteiger partial charge in [-0.05, 0) is 40.9 Å². The van der Waals surface area contributed by atoms with Gasteiger partial charge in [0.1, 0.15) is 17.4 Å². The summed E-state index contributed by atoms with van der Waals surface area (Å²) in [4.78, 5) is 11.1. The van der Waals surface area contributed by atoms with Gasteiger partial charge < -0.3 is 5.11 Å². The summed E-state index contributed by atoms with van der Waals surface area (Å²) in [5.41, 5.74) is -1.31. The minimum atomic E-state index is -1.18. The Hall–Kier alpha value is -0.810. The van der Waals surface area contributed by atoms with Crippen molar-refractivity contribution in [2.75, 3.05) is 0 Å². The van der Waals surface area contributed by atoms with E-state index < -0.39 is 17.2 Å². The van der Waals surface area contributed by atoms with Gasteiger partial charge in [0.05, 0.1) is 10.1 Å². The van der Waals surface area contributed by atoms with Crippen LogP contribution >= 0.6 is 15.9 Å². The van der Waals surface area contributed by atoms with Crippen LogP contribution in [0.1, 0.15) is 31.2 Å². The second-order valence-electron chi connectivity index (χ2n) is 4.76. The zero-order chi connectivity index (χ0) is 13.3. The highest BCUT2D eigenvalue weighted by molar-refractivity contribution is 9.10. The summed E-state index contributed by atoms with van der Waals surface area (Å²) in [5.74, 6) is -1.25. The fraction of sp³-hybridized carbons (Fsp3) is 0.462. The number of rotatable bonds is 2. The predicted molar refractivity (Wildman–Crippen MR) is 66.2 cm³/mol. The van der Waals surface area contributed by atoms with E-state index in [1.807, 2.05) is 0 Å². The van der Waals surface area contributed by atoms with Crippen LogP contribution in [-0.4, -0.2) is 16.5 Å². The molecule has 5 heteroatoms. The molecule has 0 heterocycles. The van der Waals surface area contributed by atoms with Crippen molar-refractivity contribution < 1.29 is 18.7 Å². The SMILES string of the molecule is O=C1CCC(O)(Cc2c(F)ccc(Br)c2F)CC1. The lowest BCUT2D eigenvalue weighted by molar-refractivity contribution is -0.125. The number of carbonyl (C=O) groups excluding carboxylic acids is 1. The molecule has 1 fully saturated rings. The maximum atomic E-state index is 13.8. The first-order valence-corrected chi connectivity index (χ1v) is 6.57. The molecule has 0 unspecified atom stereocenters. The molecule has 0 saturated heterocycles. The number of hydrogen-bond donors (Lipinski definition) is 1. The van der Waals surface area contributed by atoms with E-state index in [1.54, 1.807) is 0 Å². The van der Waals surface area contributed by atoms with Crippen LogP contribution < -0.4 is 0 Å². The Bertz CT molecular complexity index is 478. The number of hydrogen-bond acceptors (Lipinski definition) is 2. The minimum absolute atomic E-state index is 0.0925. The van der Waals surface area contributed by atoms with E-state index in [9.17, 15) is 18.7 Å². The van der Waals surface area contributed by atoms with Gasteiger partial charge in [0.2, 0.25) is 0 Å². The first-order valence-electron chi connectivity index (χ1n) is 5.78. The van der Waals surface area contributed by atoms with Gasteiger partial charge in [-0.25, -0.2) is 8.78 Å². The number of benzene rings is 1. The van der Waals surface area contributed by atoms with E-state index in [2.05, 4.69) is 15.9 Å². The van der Waals surface area contributed by atoms with Gasteiger partial charge in [-0.3, -0.25) is 4.79 Å². The maximum absolute atomic E-state index is 13.8. The molecular weight excluding hydrogens is 306 g/mol. The third kappa shape index (κ3) is 2.78. The molecule has 1 aliphatic rings. The van der Waals surface area contributed by atoms with Crippen molar-refractivity contribution in [1.82, 2.24) is 0 Å². The van der Waals surface area contributed by atoms with Gasteiger partial charge in [-0.2, -0.15) is 0 Å². The van der Waals surface area contributed by atoms with Crippen LogP contribution in [0.15, 0.2) is 16.6 Å². The van der Waals surface area contributed by atoms with E-state index in [0.29, 0.717) is 0 Å². The lowest BCUT2D eigenvalue weighted by Crippen LogP contribution is -2.37. The highest BCUT2D eigenvalue weighted by atomic mass is 79.9. The molecule has 0 bridgehead atoms. The Balaban J connectivity index is 2.24. The summed E-state index contributed by atoms with van der Waals surface area (Å²) in [7, 11) is 0. The van der Waals surface area contributed by atoms with Crippen molar-refractivity contribution in [2.24, 2.45) is 0 Å². The van der Waals surface area contributed by atoms with Crippen molar-refractivity contribution >= 4 is 21.7 Å². The molecule has 0 radical (unpaired) electrons. The molecule has 0 spiro atoms. The van der Waals surface area contributed by atoms with Gasteiger partial charge in [-0.15, -0.1) is 0 Å². The van der Waals surface area contributed by atoms with E-state index in [1.165, 1.54) is 12.1 Å². The van der Waals surface area contributed by atoms with Gasteiger partial charge >= 0.3 is 0 Å². The lowest BCUT2D eigenvalue weighted by Gasteiger charge is -2.31. The van der Waals surface area contributed by atoms with Gasteiger partial charge in [0.15, 0.2) is 0 Å². The van der Waals surface area contributed by atoms with Crippen LogP contribution in [0.2, 0.25) is 0 Å². The molecule has 1 aromatic carbocycles. The van der Waals surface area contributed by atoms with Crippen molar-refractivity contribution in [3.8, 4) is 0 Å². The maximum Gasteiger partial charge on any atom is 0.143 e. The van der Waals surface area contributed by atoms with Crippen LogP contribution in [0, 0.1) is 11.6 Å². The number of carbonyl (C=O) groups is 1. The van der Waals surface area contributed by atoms with E-state index >= 15 is 0 Å². The first-order chi connectivity index (χ1) is 8.41. The van der Waals surface area contributed by atoms with Crippen LogP contribution in [0.4, 0.5) is 8.78 Å². The van der Waals surface area contributed by atoms with Crippen molar-refractivity contribution in [3.05, 3.63) is 33.8 Å². The summed E-state index contributed by atoms with van der Waals surface area (Å²) in [6.45, 7) is 0. The summed E-state index contributed by atoms with van der Waals surface area (Å²) >= 11 is 2.99. The van der Waals surface area contributed by atoms with Crippen LogP contribution in [0.3, 0.4) is 0 Å². The predicted octanol–water partition coefficient (Wildman–Crippen LogP) is 3.14. The summed E-state index contributed by atoms with van der Waals surface area (Å²) in [6, 6.07) is 2.46. The van der Waals surface area contributed by atoms with E-state index in [4.69, 9.17) is 0 Å². The van der Waals surface area contributed by atoms with E-state index in [0.717, 1.165) is 0 Å². The molecule has 2 nitrogen and oxygen atoms in total. The summed E-state index contributed by atoms with van der Waals surface area (Å²) in [5, 5.41) is 10.3. The second kappa shape index (κ2) is 5.05. The molecule has 0 atom stereocenters. The molecule has 98 valence electrons. The Labute approximate surface area is 112 Å². The van der Waals surface area contributed by atoms with Crippen molar-refractivity contribution in [1.29, 1.82) is 0 Å². The standard InChI is InChI=1S/C13H13BrF2O2/c14-10-1-2-11(15)9(12(10)16)7-13(18)5-3-8(17)4-6-13/h1-2,18H,3-7H2. The second-order valence-corrected chi connectivity index (χ2v) is 5.62. The van der Waals surface area contributed by atoms with Crippen LogP contribution in [0.5, 0.6) is 0 Å². The molecule has 2 rings (SSSR count). The normalized spacial score (nSPS) is 19.0. The summed E-state index contributed by atoms with van der Waals surface area (Å²) < 4.78 is 27.6. The van der Waals surface area contributed by atoms with Crippen molar-refractivity contribution in [3.63, 3.8) is 0 Å². The van der Waals surface area contributed by atoms with Gasteiger partial charge in [-0.1, -0.05) is 0 Å². The molecule has 0 amide bonds. The molecule has 1 aromatic rings. The Morgan fingerprint density at radius 3 is 2.50 bits per heavy atom. The third-order valence-corrected chi connectivity index (χ3v) is 4.00. The highest BCUT2D eigenvalue weighted by Gasteiger charge is 2.34. The van der Waals surface area contributed by atoms with E-state index in [-0.39, 0.29) is 47.9 Å². The molecule has 0 aliphatic heterocycles. The van der Waals surface area contributed by atoms with Crippen LogP contribution in [0.25, 0.3) is 0 Å². The molecule has 1 saturated carbocycles. The van der Waals surface area contributed by atoms with Crippen LogP contribution in [-0.2, 0) is 11.2 Å². The Morgan fingerprint density at radius 2 is 1.89 bits per heavy atom. The number of ketones is 1. The fourth-order valence-corrected chi connectivity index (χ4v) is 2.60. The number of halogens is 3. The first kappa shape index (κ1) is 13.6. The number of Topliss-reactive ketones (excluding diaryl/α,β-unsaturated/α-hetero) is 1. The largest absolute Gasteiger partial charge is 0.390 e. The van der Waals surface area contributed by atoms with Crippen molar-refractivity contribution in [2.45, 2.75) is 37.7 Å². The highest BCUT2D eigenvalue weighted by Crippen LogP contribution is 2.32. The third-order valence-electron chi connectivity index (χ3n) is 3.38. The average molecular weight is 319 g/mol. The Kier molecular flexibility index (Phi) is 3.82. The van der Waals surface area contributed by atoms with Gasteiger partial charge in [0.25, 0.3) is 0 Å². The molecule has 0 aromatic heterocycles. The lowest BCUT2D eigenvalue weighted by atomic mass is 9.80. The Morgan fingerprint density at radius 1 is 1.28 bits per heavy atom. The molecule has 18 heavy (non-hydrogen) atoms. The zero-order valence-electron chi connectivity index (χ0n) is 9.68. The summed E-state index contributed by atoms with van der Waals surface area (Å²) in [6.07, 6.45) is 0.966. The smallest absolute Gasteiger partial charge is 0.143 e. The van der Waals surface area contributed by atoms with Gasteiger partial charge in [0, 0.05) is 24.8 Å². The number of aliphatic hydroxyl groups is 1. The topological polar surface area (TPSA) is 37.3 Å². The molecular formula is C13H13BrF2O2. The minimum Gasteiger partial charge on any atom is -0.390 e. The molecule has 1 N–H and O–H groups in total. The quantitative estimate of drug-likeness (QED) is 0.851. The molecule has 1 aliphatic carbocycles. The monoisotopic (exact) mass is 318 g/mol. The zero-order valence-corrected chi connectivity index (χ0v) is 11.3.